The number of aryl methyl sites for hydroxylation is 1. The van der Waals surface area contributed by atoms with Crippen LogP contribution >= 0.6 is 0 Å². The third-order valence-electron chi connectivity index (χ3n) is 6.09. The second-order valence-electron chi connectivity index (χ2n) is 8.88. The fourth-order valence-corrected chi connectivity index (χ4v) is 3.99. The van der Waals surface area contributed by atoms with Crippen LogP contribution in [0.15, 0.2) is 72.8 Å². The predicted octanol–water partition coefficient (Wildman–Crippen LogP) is 1.71. The molecular formula is C27H35N5O3. The van der Waals surface area contributed by atoms with Crippen molar-refractivity contribution in [2.75, 3.05) is 33.2 Å². The lowest BCUT2D eigenvalue weighted by Crippen LogP contribution is -2.56. The maximum absolute atomic E-state index is 13.4. The number of nitrogens with one attached hydrogen (secondary N) is 2. The standard InChI is InChI=1S/C27H35N5O3/c1-31-16-18-32(19-17-31)27(35)30-24(20-22-10-6-3-7-11-22)26(34)29-23(14-15-25(28)33)13-12-21-8-4-2-5-9-21/h2-11,14-15,23-24H,12-13,16-20H2,1H3,(H2,28,33)(H,29,34)(H,30,35). The number of nitrogens with two attached hydrogens (primary N) is 1. The molecule has 0 bridgehead atoms. The second kappa shape index (κ2) is 13.3. The highest BCUT2D eigenvalue weighted by molar-refractivity contribution is 5.88. The Morgan fingerprint density at radius 2 is 1.51 bits per heavy atom. The molecule has 4 N–H and O–H groups in total. The molecule has 0 saturated carbocycles. The van der Waals surface area contributed by atoms with Crippen molar-refractivity contribution in [1.82, 2.24) is 20.4 Å². The highest BCUT2D eigenvalue weighted by atomic mass is 16.2. The molecule has 0 spiro atoms. The fraction of sp³-hybridized carbons (Fsp3) is 0.370. The molecule has 35 heavy (non-hydrogen) atoms. The van der Waals surface area contributed by atoms with Gasteiger partial charge in [0.15, 0.2) is 0 Å². The van der Waals surface area contributed by atoms with Crippen molar-refractivity contribution in [2.24, 2.45) is 5.73 Å². The normalized spacial score (nSPS) is 16.0. The average molecular weight is 478 g/mol. The Hall–Kier alpha value is -3.65. The second-order valence-corrected chi connectivity index (χ2v) is 8.88. The van der Waals surface area contributed by atoms with E-state index in [4.69, 9.17) is 5.73 Å². The van der Waals surface area contributed by atoms with Gasteiger partial charge >= 0.3 is 6.03 Å². The van der Waals surface area contributed by atoms with Crippen molar-refractivity contribution in [2.45, 2.75) is 31.3 Å². The van der Waals surface area contributed by atoms with Gasteiger partial charge in [0.05, 0.1) is 0 Å². The molecule has 0 aromatic heterocycles. The molecule has 8 nitrogen and oxygen atoms in total. The maximum Gasteiger partial charge on any atom is 0.318 e. The third kappa shape index (κ3) is 8.90. The first kappa shape index (κ1) is 26.0. The zero-order chi connectivity index (χ0) is 25.0. The van der Waals surface area contributed by atoms with Gasteiger partial charge < -0.3 is 26.2 Å². The van der Waals surface area contributed by atoms with Crippen LogP contribution in [-0.2, 0) is 22.4 Å². The summed E-state index contributed by atoms with van der Waals surface area (Å²) in [6.45, 7) is 2.82. The number of hydrogen-bond donors (Lipinski definition) is 3. The van der Waals surface area contributed by atoms with Gasteiger partial charge in [0.2, 0.25) is 11.8 Å². The summed E-state index contributed by atoms with van der Waals surface area (Å²) < 4.78 is 0. The number of carbonyl (C=O) groups is 3. The Bertz CT molecular complexity index is 988. The molecule has 186 valence electrons. The van der Waals surface area contributed by atoms with Crippen molar-refractivity contribution in [3.05, 3.63) is 83.9 Å². The number of rotatable bonds is 10. The summed E-state index contributed by atoms with van der Waals surface area (Å²) in [6, 6.07) is 18.1. The molecular weight excluding hydrogens is 442 g/mol. The molecule has 1 fully saturated rings. The minimum atomic E-state index is -0.759. The van der Waals surface area contributed by atoms with E-state index >= 15 is 0 Å². The molecule has 1 saturated heterocycles. The van der Waals surface area contributed by atoms with Crippen molar-refractivity contribution in [3.8, 4) is 0 Å². The zero-order valence-corrected chi connectivity index (χ0v) is 20.2. The van der Waals surface area contributed by atoms with Gasteiger partial charge in [0.25, 0.3) is 0 Å². The minimum Gasteiger partial charge on any atom is -0.366 e. The number of primary amides is 1. The van der Waals surface area contributed by atoms with Gasteiger partial charge in [0.1, 0.15) is 6.04 Å². The van der Waals surface area contributed by atoms with Crippen LogP contribution in [0.5, 0.6) is 0 Å². The first-order valence-corrected chi connectivity index (χ1v) is 12.0. The molecule has 2 unspecified atom stereocenters. The van der Waals surface area contributed by atoms with Gasteiger partial charge in [-0.15, -0.1) is 0 Å². The lowest BCUT2D eigenvalue weighted by molar-refractivity contribution is -0.123. The van der Waals surface area contributed by atoms with E-state index in [1.165, 1.54) is 6.08 Å². The van der Waals surface area contributed by atoms with Gasteiger partial charge in [-0.05, 0) is 31.0 Å². The largest absolute Gasteiger partial charge is 0.366 e. The molecule has 1 aliphatic heterocycles. The van der Waals surface area contributed by atoms with Crippen LogP contribution in [0.3, 0.4) is 0 Å². The topological polar surface area (TPSA) is 108 Å². The number of hydrogen-bond acceptors (Lipinski definition) is 4. The molecule has 8 heteroatoms. The van der Waals surface area contributed by atoms with E-state index in [1.54, 1.807) is 11.0 Å². The smallest absolute Gasteiger partial charge is 0.318 e. The quantitative estimate of drug-likeness (QED) is 0.453. The summed E-state index contributed by atoms with van der Waals surface area (Å²) in [5.74, 6) is -0.878. The van der Waals surface area contributed by atoms with Gasteiger partial charge in [-0.2, -0.15) is 0 Å². The van der Waals surface area contributed by atoms with Crippen LogP contribution in [-0.4, -0.2) is 73.0 Å². The van der Waals surface area contributed by atoms with E-state index in [1.807, 2.05) is 67.7 Å². The molecule has 2 atom stereocenters. The number of nitrogens with zero attached hydrogens (tertiary/aromatic N) is 2. The molecule has 4 amide bonds. The van der Waals surface area contributed by atoms with Gasteiger partial charge in [0, 0.05) is 44.7 Å². The lowest BCUT2D eigenvalue weighted by atomic mass is 10.0. The van der Waals surface area contributed by atoms with Gasteiger partial charge in [-0.3, -0.25) is 9.59 Å². The number of amides is 4. The third-order valence-corrected chi connectivity index (χ3v) is 6.09. The Balaban J connectivity index is 1.71. The summed E-state index contributed by atoms with van der Waals surface area (Å²) in [6.07, 6.45) is 4.54. The number of benzene rings is 2. The van der Waals surface area contributed by atoms with Crippen molar-refractivity contribution in [3.63, 3.8) is 0 Å². The van der Waals surface area contributed by atoms with Crippen LogP contribution in [0.2, 0.25) is 0 Å². The molecule has 0 aliphatic carbocycles. The summed E-state index contributed by atoms with van der Waals surface area (Å²) in [5.41, 5.74) is 7.37. The summed E-state index contributed by atoms with van der Waals surface area (Å²) in [7, 11) is 2.02. The van der Waals surface area contributed by atoms with E-state index in [0.29, 0.717) is 32.4 Å². The Morgan fingerprint density at radius 1 is 0.914 bits per heavy atom. The van der Waals surface area contributed by atoms with Crippen molar-refractivity contribution < 1.29 is 14.4 Å². The molecule has 1 heterocycles. The van der Waals surface area contributed by atoms with E-state index in [9.17, 15) is 14.4 Å². The average Bonchev–Trinajstić information content (AvgIpc) is 2.86. The predicted molar refractivity (Wildman–Crippen MR) is 137 cm³/mol. The Labute approximate surface area is 207 Å². The van der Waals surface area contributed by atoms with Crippen LogP contribution < -0.4 is 16.4 Å². The van der Waals surface area contributed by atoms with Crippen molar-refractivity contribution >= 4 is 17.8 Å². The lowest BCUT2D eigenvalue weighted by Gasteiger charge is -2.33. The van der Waals surface area contributed by atoms with Crippen LogP contribution in [0.25, 0.3) is 0 Å². The van der Waals surface area contributed by atoms with Gasteiger partial charge in [-0.25, -0.2) is 4.79 Å². The highest BCUT2D eigenvalue weighted by Crippen LogP contribution is 2.09. The van der Waals surface area contributed by atoms with Crippen LogP contribution in [0.1, 0.15) is 17.5 Å². The number of likely N-dealkylation sites (N-methyl/N-ethyl adjacent to an activating group) is 1. The first-order valence-electron chi connectivity index (χ1n) is 12.0. The Morgan fingerprint density at radius 3 is 2.11 bits per heavy atom. The number of urea groups is 1. The van der Waals surface area contributed by atoms with Crippen molar-refractivity contribution in [1.29, 1.82) is 0 Å². The summed E-state index contributed by atoms with van der Waals surface area (Å²) in [4.78, 5) is 41.6. The van der Waals surface area contributed by atoms with E-state index < -0.39 is 18.0 Å². The monoisotopic (exact) mass is 477 g/mol. The van der Waals surface area contributed by atoms with Crippen LogP contribution in [0, 0.1) is 0 Å². The molecule has 2 aromatic rings. The highest BCUT2D eigenvalue weighted by Gasteiger charge is 2.27. The summed E-state index contributed by atoms with van der Waals surface area (Å²) >= 11 is 0. The number of carbonyl (C=O) groups excluding carboxylic acids is 3. The van der Waals surface area contributed by atoms with E-state index in [0.717, 1.165) is 24.2 Å². The molecule has 3 rings (SSSR count). The molecule has 1 aliphatic rings. The van der Waals surface area contributed by atoms with E-state index in [2.05, 4.69) is 15.5 Å². The van der Waals surface area contributed by atoms with Gasteiger partial charge in [-0.1, -0.05) is 66.7 Å². The SMILES string of the molecule is CN1CCN(C(=O)NC(Cc2ccccc2)C(=O)NC(C=CC(N)=O)CCc2ccccc2)CC1. The molecule has 0 radical (unpaired) electrons. The minimum absolute atomic E-state index is 0.248. The van der Waals surface area contributed by atoms with E-state index in [-0.39, 0.29) is 11.9 Å². The summed E-state index contributed by atoms with van der Waals surface area (Å²) in [5, 5.41) is 5.94. The fourth-order valence-electron chi connectivity index (χ4n) is 3.99. The van der Waals surface area contributed by atoms with Crippen LogP contribution in [0.4, 0.5) is 4.79 Å². The zero-order valence-electron chi connectivity index (χ0n) is 20.2. The number of piperazine rings is 1. The maximum atomic E-state index is 13.4. The Kier molecular flexibility index (Phi) is 9.86. The first-order chi connectivity index (χ1) is 16.9. The molecule has 2 aromatic carbocycles.